The van der Waals surface area contributed by atoms with Gasteiger partial charge in [0.05, 0.1) is 0 Å². The van der Waals surface area contributed by atoms with E-state index in [0.717, 1.165) is 5.92 Å². The van der Waals surface area contributed by atoms with Crippen LogP contribution < -0.4 is 0 Å². The maximum Gasteiger partial charge on any atom is -0.0262 e. The van der Waals surface area contributed by atoms with E-state index in [9.17, 15) is 0 Å². The number of rotatable bonds is 9. The molecule has 0 nitrogen and oxygen atoms in total. The number of allylic oxidation sites excluding steroid dienone is 1. The zero-order valence-corrected chi connectivity index (χ0v) is 10.4. The van der Waals surface area contributed by atoms with Crippen molar-refractivity contribution < 1.29 is 0 Å². The van der Waals surface area contributed by atoms with Crippen LogP contribution in [0.1, 0.15) is 65.7 Å². The summed E-state index contributed by atoms with van der Waals surface area (Å²) >= 11 is 0. The van der Waals surface area contributed by atoms with E-state index in [4.69, 9.17) is 0 Å². The highest BCUT2D eigenvalue weighted by atomic mass is 14.2. The molecule has 0 aliphatic heterocycles. The molecule has 14 heavy (non-hydrogen) atoms. The second kappa shape index (κ2) is 9.30. The third-order valence-electron chi connectivity index (χ3n) is 3.04. The Morgan fingerprint density at radius 1 is 1.07 bits per heavy atom. The van der Waals surface area contributed by atoms with E-state index in [2.05, 4.69) is 33.4 Å². The highest BCUT2D eigenvalue weighted by Gasteiger charge is 2.10. The van der Waals surface area contributed by atoms with E-state index in [1.807, 2.05) is 0 Å². The second-order valence-corrected chi connectivity index (χ2v) is 4.60. The average Bonchev–Trinajstić information content (AvgIpc) is 2.21. The smallest absolute Gasteiger partial charge is 0.0262 e. The predicted molar refractivity (Wildman–Crippen MR) is 66.5 cm³/mol. The minimum atomic E-state index is 0.703. The zero-order chi connectivity index (χ0) is 10.8. The number of hydrogen-bond donors (Lipinski definition) is 0. The quantitative estimate of drug-likeness (QED) is 0.445. The molecular formula is C14H28. The van der Waals surface area contributed by atoms with Gasteiger partial charge in [-0.05, 0) is 18.3 Å². The first-order valence-corrected chi connectivity index (χ1v) is 6.37. The molecule has 0 N–H and O–H groups in total. The van der Waals surface area contributed by atoms with Crippen molar-refractivity contribution in [1.82, 2.24) is 0 Å². The summed E-state index contributed by atoms with van der Waals surface area (Å²) < 4.78 is 0. The molecule has 0 radical (unpaired) electrons. The van der Waals surface area contributed by atoms with Crippen LogP contribution in [-0.4, -0.2) is 0 Å². The molecule has 0 fully saturated rings. The summed E-state index contributed by atoms with van der Waals surface area (Å²) in [6, 6.07) is 0. The van der Waals surface area contributed by atoms with Crippen molar-refractivity contribution in [3.05, 3.63) is 12.7 Å². The van der Waals surface area contributed by atoms with Gasteiger partial charge in [0.2, 0.25) is 0 Å². The molecule has 84 valence electrons. The number of hydrogen-bond acceptors (Lipinski definition) is 0. The Hall–Kier alpha value is -0.260. The van der Waals surface area contributed by atoms with Crippen molar-refractivity contribution in [2.24, 2.45) is 11.8 Å². The van der Waals surface area contributed by atoms with Crippen molar-refractivity contribution in [1.29, 1.82) is 0 Å². The van der Waals surface area contributed by atoms with Crippen molar-refractivity contribution in [3.63, 3.8) is 0 Å². The SMILES string of the molecule is C=CC(C)CC(CCCC)CCCC. The third-order valence-corrected chi connectivity index (χ3v) is 3.04. The standard InChI is InChI=1S/C14H28/c1-5-8-10-14(11-9-6-2)12-13(4)7-3/h7,13-14H,3,5-6,8-12H2,1-2,4H3. The van der Waals surface area contributed by atoms with Crippen LogP contribution in [0.3, 0.4) is 0 Å². The van der Waals surface area contributed by atoms with Crippen LogP contribution in [-0.2, 0) is 0 Å². The van der Waals surface area contributed by atoms with E-state index in [1.54, 1.807) is 0 Å². The molecule has 0 bridgehead atoms. The van der Waals surface area contributed by atoms with Crippen LogP contribution in [0.25, 0.3) is 0 Å². The van der Waals surface area contributed by atoms with Gasteiger partial charge < -0.3 is 0 Å². The Balaban J connectivity index is 3.76. The van der Waals surface area contributed by atoms with Crippen LogP contribution in [0, 0.1) is 11.8 Å². The lowest BCUT2D eigenvalue weighted by Crippen LogP contribution is -2.05. The van der Waals surface area contributed by atoms with Crippen molar-refractivity contribution >= 4 is 0 Å². The monoisotopic (exact) mass is 196 g/mol. The Morgan fingerprint density at radius 2 is 1.57 bits per heavy atom. The van der Waals surface area contributed by atoms with Crippen LogP contribution in [0.4, 0.5) is 0 Å². The molecule has 0 rings (SSSR count). The summed E-state index contributed by atoms with van der Waals surface area (Å²) in [5, 5.41) is 0. The maximum absolute atomic E-state index is 3.87. The van der Waals surface area contributed by atoms with E-state index in [-0.39, 0.29) is 0 Å². The van der Waals surface area contributed by atoms with E-state index >= 15 is 0 Å². The Bertz CT molecular complexity index is 118. The maximum atomic E-state index is 3.87. The van der Waals surface area contributed by atoms with Gasteiger partial charge in [-0.2, -0.15) is 0 Å². The normalized spacial score (nSPS) is 13.1. The van der Waals surface area contributed by atoms with Crippen molar-refractivity contribution in [2.45, 2.75) is 65.7 Å². The first-order valence-electron chi connectivity index (χ1n) is 6.37. The van der Waals surface area contributed by atoms with Crippen molar-refractivity contribution in [2.75, 3.05) is 0 Å². The fourth-order valence-electron chi connectivity index (χ4n) is 1.99. The fraction of sp³-hybridized carbons (Fsp3) is 0.857. The average molecular weight is 196 g/mol. The molecule has 0 heteroatoms. The summed E-state index contributed by atoms with van der Waals surface area (Å²) in [4.78, 5) is 0. The largest absolute Gasteiger partial charge is 0.103 e. The lowest BCUT2D eigenvalue weighted by atomic mass is 9.88. The Labute approximate surface area is 90.8 Å². The Kier molecular flexibility index (Phi) is 9.13. The van der Waals surface area contributed by atoms with Gasteiger partial charge >= 0.3 is 0 Å². The van der Waals surface area contributed by atoms with E-state index in [1.165, 1.54) is 44.9 Å². The predicted octanol–water partition coefficient (Wildman–Crippen LogP) is 5.20. The zero-order valence-electron chi connectivity index (χ0n) is 10.4. The minimum Gasteiger partial charge on any atom is -0.103 e. The molecule has 0 saturated heterocycles. The molecule has 0 aromatic rings. The molecular weight excluding hydrogens is 168 g/mol. The van der Waals surface area contributed by atoms with Gasteiger partial charge in [0.25, 0.3) is 0 Å². The molecule has 0 saturated carbocycles. The molecule has 0 heterocycles. The molecule has 1 unspecified atom stereocenters. The first-order chi connectivity index (χ1) is 6.74. The van der Waals surface area contributed by atoms with E-state index in [0.29, 0.717) is 5.92 Å². The van der Waals surface area contributed by atoms with Gasteiger partial charge in [-0.3, -0.25) is 0 Å². The lowest BCUT2D eigenvalue weighted by Gasteiger charge is -2.18. The summed E-state index contributed by atoms with van der Waals surface area (Å²) in [5.41, 5.74) is 0. The second-order valence-electron chi connectivity index (χ2n) is 4.60. The summed E-state index contributed by atoms with van der Waals surface area (Å²) in [7, 11) is 0. The van der Waals surface area contributed by atoms with Gasteiger partial charge in [-0.15, -0.1) is 6.58 Å². The molecule has 0 spiro atoms. The Morgan fingerprint density at radius 3 is 1.93 bits per heavy atom. The molecule has 0 aliphatic rings. The molecule has 0 aromatic heterocycles. The van der Waals surface area contributed by atoms with Crippen LogP contribution >= 0.6 is 0 Å². The summed E-state index contributed by atoms with van der Waals surface area (Å²) in [6.07, 6.45) is 11.8. The number of unbranched alkanes of at least 4 members (excludes halogenated alkanes) is 2. The van der Waals surface area contributed by atoms with E-state index < -0.39 is 0 Å². The van der Waals surface area contributed by atoms with Crippen molar-refractivity contribution in [3.8, 4) is 0 Å². The molecule has 0 amide bonds. The minimum absolute atomic E-state index is 0.703. The summed E-state index contributed by atoms with van der Waals surface area (Å²) in [6.45, 7) is 10.7. The molecule has 1 atom stereocenters. The first kappa shape index (κ1) is 13.7. The van der Waals surface area contributed by atoms with Gasteiger partial charge in [-0.25, -0.2) is 0 Å². The molecule has 0 aliphatic carbocycles. The van der Waals surface area contributed by atoms with Gasteiger partial charge in [0, 0.05) is 0 Å². The topological polar surface area (TPSA) is 0 Å². The fourth-order valence-corrected chi connectivity index (χ4v) is 1.99. The van der Waals surface area contributed by atoms with Crippen LogP contribution in [0.5, 0.6) is 0 Å². The van der Waals surface area contributed by atoms with Crippen LogP contribution in [0.2, 0.25) is 0 Å². The van der Waals surface area contributed by atoms with Gasteiger partial charge in [0.1, 0.15) is 0 Å². The molecule has 0 aromatic carbocycles. The lowest BCUT2D eigenvalue weighted by molar-refractivity contribution is 0.361. The van der Waals surface area contributed by atoms with Crippen LogP contribution in [0.15, 0.2) is 12.7 Å². The highest BCUT2D eigenvalue weighted by Crippen LogP contribution is 2.24. The third kappa shape index (κ3) is 7.17. The van der Waals surface area contributed by atoms with Gasteiger partial charge in [0.15, 0.2) is 0 Å². The van der Waals surface area contributed by atoms with Gasteiger partial charge in [-0.1, -0.05) is 65.4 Å². The summed E-state index contributed by atoms with van der Waals surface area (Å²) in [5.74, 6) is 1.65. The highest BCUT2D eigenvalue weighted by molar-refractivity contribution is 4.77.